The zero-order valence-electron chi connectivity index (χ0n) is 16.4. The molecule has 0 aliphatic heterocycles. The van der Waals surface area contributed by atoms with Crippen molar-refractivity contribution in [1.82, 2.24) is 9.97 Å². The van der Waals surface area contributed by atoms with Crippen LogP contribution >= 0.6 is 0 Å². The summed E-state index contributed by atoms with van der Waals surface area (Å²) in [6.45, 7) is 3.53. The summed E-state index contributed by atoms with van der Waals surface area (Å²) in [6.07, 6.45) is 4.61. The van der Waals surface area contributed by atoms with Gasteiger partial charge < -0.3 is 25.7 Å². The fourth-order valence-corrected chi connectivity index (χ4v) is 2.58. The van der Waals surface area contributed by atoms with Gasteiger partial charge in [-0.25, -0.2) is 4.98 Å². The third-order valence-corrected chi connectivity index (χ3v) is 4.36. The Balaban J connectivity index is 0.00000136. The van der Waals surface area contributed by atoms with Gasteiger partial charge in [-0.15, -0.1) is 0 Å². The lowest BCUT2D eigenvalue weighted by atomic mass is 9.94. The number of rotatable bonds is 8. The molecule has 0 fully saturated rings. The van der Waals surface area contributed by atoms with E-state index < -0.39 is 5.54 Å². The minimum absolute atomic E-state index is 0.237. The molecule has 3 rings (SSSR count). The molecule has 0 aliphatic carbocycles. The maximum absolute atomic E-state index is 9.24. The molecule has 0 amide bonds. The van der Waals surface area contributed by atoms with Crippen LogP contribution in [0.25, 0.3) is 11.3 Å². The molecule has 150 valence electrons. The molecule has 0 spiro atoms. The van der Waals surface area contributed by atoms with E-state index in [1.165, 1.54) is 0 Å². The fraction of sp³-hybridized carbons (Fsp3) is 0.318. The minimum Gasteiger partial charge on any atom is -0.457 e. The van der Waals surface area contributed by atoms with Crippen molar-refractivity contribution in [1.29, 1.82) is 0 Å². The molecule has 0 bridgehead atoms. The Morgan fingerprint density at radius 3 is 2.04 bits per heavy atom. The van der Waals surface area contributed by atoms with Crippen LogP contribution in [0.15, 0.2) is 61.1 Å². The second kappa shape index (κ2) is 10.6. The molecule has 5 N–H and O–H groups in total. The molecule has 28 heavy (non-hydrogen) atoms. The van der Waals surface area contributed by atoms with E-state index >= 15 is 0 Å². The average molecular weight is 383 g/mol. The summed E-state index contributed by atoms with van der Waals surface area (Å²) in [4.78, 5) is 7.08. The summed E-state index contributed by atoms with van der Waals surface area (Å²) in [5.74, 6) is 1.49. The predicted molar refractivity (Wildman–Crippen MR) is 111 cm³/mol. The number of aliphatic hydroxyl groups is 2. The monoisotopic (exact) mass is 383 g/mol. The summed E-state index contributed by atoms with van der Waals surface area (Å²) in [6, 6.07) is 15.5. The Labute approximate surface area is 166 Å². The Hall–Kier alpha value is -2.67. The molecular formula is C22H29N3O3. The van der Waals surface area contributed by atoms with Crippen molar-refractivity contribution in [3.8, 4) is 22.8 Å². The molecule has 0 radical (unpaired) electrons. The highest BCUT2D eigenvalue weighted by Gasteiger charge is 2.22. The molecule has 1 aromatic heterocycles. The molecule has 2 aromatic carbocycles. The standard InChI is InChI=1S/C20H23N3O3.C2H6/c21-20(12-24,13-25)10-9-15-1-5-17(6-2-15)26-18-7-3-16(4-8-18)19-11-22-14-23-19;1-2/h1-8,11,14,24-25H,9-10,12-13,21H2,(H,22,23);1-2H3. The number of aromatic nitrogens is 2. The molecule has 6 nitrogen and oxygen atoms in total. The van der Waals surface area contributed by atoms with Gasteiger partial charge in [-0.05, 0) is 60.4 Å². The van der Waals surface area contributed by atoms with Gasteiger partial charge >= 0.3 is 0 Å². The molecule has 3 aromatic rings. The van der Waals surface area contributed by atoms with E-state index in [0.29, 0.717) is 12.8 Å². The number of nitrogens with zero attached hydrogens (tertiary/aromatic N) is 1. The Morgan fingerprint density at radius 1 is 0.964 bits per heavy atom. The van der Waals surface area contributed by atoms with Crippen LogP contribution in [0.3, 0.4) is 0 Å². The number of nitrogens with two attached hydrogens (primary N) is 1. The first-order valence-electron chi connectivity index (χ1n) is 9.48. The van der Waals surface area contributed by atoms with E-state index in [1.54, 1.807) is 12.5 Å². The number of hydrogen-bond acceptors (Lipinski definition) is 5. The highest BCUT2D eigenvalue weighted by Crippen LogP contribution is 2.25. The van der Waals surface area contributed by atoms with Gasteiger partial charge in [0.2, 0.25) is 0 Å². The molecule has 1 heterocycles. The first kappa shape index (κ1) is 21.6. The van der Waals surface area contributed by atoms with Crippen molar-refractivity contribution < 1.29 is 14.9 Å². The number of benzene rings is 2. The molecule has 0 aliphatic rings. The van der Waals surface area contributed by atoms with Gasteiger partial charge in [-0.3, -0.25) is 0 Å². The first-order valence-corrected chi connectivity index (χ1v) is 9.48. The number of H-pyrrole nitrogens is 1. The van der Waals surface area contributed by atoms with E-state index in [4.69, 9.17) is 10.5 Å². The van der Waals surface area contributed by atoms with Crippen molar-refractivity contribution in [3.63, 3.8) is 0 Å². The quantitative estimate of drug-likeness (QED) is 0.476. The maximum atomic E-state index is 9.24. The smallest absolute Gasteiger partial charge is 0.127 e. The summed E-state index contributed by atoms with van der Waals surface area (Å²) < 4.78 is 5.86. The van der Waals surface area contributed by atoms with E-state index in [0.717, 1.165) is 28.3 Å². The number of ether oxygens (including phenoxy) is 1. The number of hydrogen-bond donors (Lipinski definition) is 4. The van der Waals surface area contributed by atoms with Gasteiger partial charge in [0, 0.05) is 0 Å². The molecule has 6 heteroatoms. The highest BCUT2D eigenvalue weighted by atomic mass is 16.5. The first-order chi connectivity index (χ1) is 13.6. The van der Waals surface area contributed by atoms with Crippen LogP contribution in [0, 0.1) is 0 Å². The molecule has 0 saturated heterocycles. The lowest BCUT2D eigenvalue weighted by molar-refractivity contribution is 0.115. The van der Waals surface area contributed by atoms with E-state index in [1.807, 2.05) is 62.4 Å². The molecular weight excluding hydrogens is 354 g/mol. The van der Waals surface area contributed by atoms with Crippen LogP contribution in [0.4, 0.5) is 0 Å². The number of aromatic amines is 1. The number of nitrogens with one attached hydrogen (secondary N) is 1. The van der Waals surface area contributed by atoms with Gasteiger partial charge in [0.05, 0.1) is 37.0 Å². The van der Waals surface area contributed by atoms with Crippen LogP contribution in [0.1, 0.15) is 25.8 Å². The maximum Gasteiger partial charge on any atom is 0.127 e. The van der Waals surface area contributed by atoms with Gasteiger partial charge in [0.25, 0.3) is 0 Å². The summed E-state index contributed by atoms with van der Waals surface area (Å²) in [7, 11) is 0. The Kier molecular flexibility index (Phi) is 8.19. The van der Waals surface area contributed by atoms with E-state index in [-0.39, 0.29) is 13.2 Å². The fourth-order valence-electron chi connectivity index (χ4n) is 2.58. The predicted octanol–water partition coefficient (Wildman–Crippen LogP) is 3.51. The van der Waals surface area contributed by atoms with Crippen molar-refractivity contribution in [3.05, 3.63) is 66.6 Å². The van der Waals surface area contributed by atoms with Crippen molar-refractivity contribution >= 4 is 0 Å². The summed E-state index contributed by atoms with van der Waals surface area (Å²) >= 11 is 0. The zero-order valence-corrected chi connectivity index (χ0v) is 16.4. The van der Waals surface area contributed by atoms with E-state index in [2.05, 4.69) is 9.97 Å². The highest BCUT2D eigenvalue weighted by molar-refractivity contribution is 5.59. The largest absolute Gasteiger partial charge is 0.457 e. The zero-order chi connectivity index (χ0) is 20.4. The molecule has 0 unspecified atom stereocenters. The van der Waals surface area contributed by atoms with Gasteiger partial charge in [-0.2, -0.15) is 0 Å². The van der Waals surface area contributed by atoms with Crippen LogP contribution in [0.5, 0.6) is 11.5 Å². The van der Waals surface area contributed by atoms with Crippen LogP contribution < -0.4 is 10.5 Å². The topological polar surface area (TPSA) is 104 Å². The number of aliphatic hydroxyl groups excluding tert-OH is 2. The molecule has 0 saturated carbocycles. The normalized spacial score (nSPS) is 10.9. The van der Waals surface area contributed by atoms with Gasteiger partial charge in [-0.1, -0.05) is 26.0 Å². The Bertz CT molecular complexity index is 796. The van der Waals surface area contributed by atoms with Crippen molar-refractivity contribution in [2.75, 3.05) is 13.2 Å². The van der Waals surface area contributed by atoms with Gasteiger partial charge in [0.1, 0.15) is 11.5 Å². The minimum atomic E-state index is -0.939. The van der Waals surface area contributed by atoms with Crippen LogP contribution in [-0.2, 0) is 6.42 Å². The lowest BCUT2D eigenvalue weighted by Crippen LogP contribution is -2.47. The SMILES string of the molecule is CC.NC(CO)(CO)CCc1ccc(Oc2ccc(-c3cnc[nH]3)cc2)cc1. The molecule has 0 atom stereocenters. The second-order valence-electron chi connectivity index (χ2n) is 6.41. The number of imidazole rings is 1. The summed E-state index contributed by atoms with van der Waals surface area (Å²) in [5.41, 5.74) is 8.03. The van der Waals surface area contributed by atoms with Crippen LogP contribution in [0.2, 0.25) is 0 Å². The Morgan fingerprint density at radius 2 is 1.54 bits per heavy atom. The lowest BCUT2D eigenvalue weighted by Gasteiger charge is -2.24. The van der Waals surface area contributed by atoms with E-state index in [9.17, 15) is 10.2 Å². The van der Waals surface area contributed by atoms with Crippen LogP contribution in [-0.4, -0.2) is 38.9 Å². The van der Waals surface area contributed by atoms with Crippen molar-refractivity contribution in [2.45, 2.75) is 32.2 Å². The number of aryl methyl sites for hydroxylation is 1. The van der Waals surface area contributed by atoms with Crippen molar-refractivity contribution in [2.24, 2.45) is 5.73 Å². The third kappa shape index (κ3) is 5.92. The second-order valence-corrected chi connectivity index (χ2v) is 6.41. The third-order valence-electron chi connectivity index (χ3n) is 4.36. The summed E-state index contributed by atoms with van der Waals surface area (Å²) in [5, 5.41) is 18.5. The van der Waals surface area contributed by atoms with Gasteiger partial charge in [0.15, 0.2) is 0 Å². The average Bonchev–Trinajstić information content (AvgIpc) is 3.30.